The zero-order valence-electron chi connectivity index (χ0n) is 20.9. The van der Waals surface area contributed by atoms with Crippen molar-refractivity contribution in [2.45, 2.75) is 58.9 Å². The lowest BCUT2D eigenvalue weighted by molar-refractivity contribution is -0.137. The van der Waals surface area contributed by atoms with Gasteiger partial charge < -0.3 is 21.3 Å². The summed E-state index contributed by atoms with van der Waals surface area (Å²) in [5.74, 6) is -1.85. The van der Waals surface area contributed by atoms with Gasteiger partial charge in [0, 0.05) is 24.7 Å². The third-order valence-corrected chi connectivity index (χ3v) is 5.68. The fraction of sp³-hybridized carbons (Fsp3) is 0.423. The maximum Gasteiger partial charge on any atom is 0.416 e. The van der Waals surface area contributed by atoms with E-state index in [1.165, 1.54) is 6.07 Å². The van der Waals surface area contributed by atoms with Crippen molar-refractivity contribution in [2.75, 3.05) is 13.1 Å². The summed E-state index contributed by atoms with van der Waals surface area (Å²) in [4.78, 5) is 37.5. The van der Waals surface area contributed by atoms with Gasteiger partial charge in [0.15, 0.2) is 0 Å². The predicted molar refractivity (Wildman–Crippen MR) is 131 cm³/mol. The molecule has 0 spiro atoms. The topological polar surface area (TPSA) is 99.3 Å². The molecule has 7 nitrogen and oxygen atoms in total. The van der Waals surface area contributed by atoms with E-state index in [4.69, 9.17) is 0 Å². The van der Waals surface area contributed by atoms with Crippen molar-refractivity contribution in [2.24, 2.45) is 0 Å². The molecule has 0 fully saturated rings. The van der Waals surface area contributed by atoms with Gasteiger partial charge in [-0.2, -0.15) is 13.2 Å². The average molecular weight is 507 g/mol. The molecule has 0 aliphatic rings. The van der Waals surface area contributed by atoms with Gasteiger partial charge in [-0.3, -0.25) is 14.4 Å². The molecule has 0 bridgehead atoms. The van der Waals surface area contributed by atoms with E-state index < -0.39 is 36.1 Å². The molecule has 0 aromatic heterocycles. The summed E-state index contributed by atoms with van der Waals surface area (Å²) >= 11 is 0. The van der Waals surface area contributed by atoms with Crippen LogP contribution in [0.15, 0.2) is 42.5 Å². The van der Waals surface area contributed by atoms with E-state index in [-0.39, 0.29) is 24.1 Å². The summed E-state index contributed by atoms with van der Waals surface area (Å²) in [5, 5.41) is 10.9. The summed E-state index contributed by atoms with van der Waals surface area (Å²) in [6.07, 6.45) is -3.89. The van der Waals surface area contributed by atoms with Gasteiger partial charge in [0.05, 0.1) is 12.1 Å². The highest BCUT2D eigenvalue weighted by Gasteiger charge is 2.31. The number of rotatable bonds is 11. The Balaban J connectivity index is 1.98. The molecule has 0 saturated heterocycles. The third-order valence-electron chi connectivity index (χ3n) is 5.68. The minimum atomic E-state index is -4.59. The van der Waals surface area contributed by atoms with Crippen molar-refractivity contribution in [3.05, 3.63) is 70.3 Å². The summed E-state index contributed by atoms with van der Waals surface area (Å²) in [6.45, 7) is 7.88. The monoisotopic (exact) mass is 506 g/mol. The number of alkyl halides is 3. The Morgan fingerprint density at radius 1 is 1.00 bits per heavy atom. The first kappa shape index (κ1) is 28.8. The van der Waals surface area contributed by atoms with Crippen molar-refractivity contribution in [1.82, 2.24) is 21.3 Å². The Kier molecular flexibility index (Phi) is 10.5. The third kappa shape index (κ3) is 8.99. The predicted octanol–water partition coefficient (Wildman–Crippen LogP) is 3.24. The largest absolute Gasteiger partial charge is 0.416 e. The molecule has 3 amide bonds. The molecule has 10 heteroatoms. The van der Waals surface area contributed by atoms with Gasteiger partial charge in [-0.1, -0.05) is 36.8 Å². The summed E-state index contributed by atoms with van der Waals surface area (Å²) in [6, 6.07) is 8.94. The Morgan fingerprint density at radius 2 is 1.72 bits per heavy atom. The van der Waals surface area contributed by atoms with E-state index in [0.717, 1.165) is 28.8 Å². The smallest absolute Gasteiger partial charge is 0.352 e. The van der Waals surface area contributed by atoms with Crippen LogP contribution in [0.4, 0.5) is 13.2 Å². The maximum atomic E-state index is 12.9. The van der Waals surface area contributed by atoms with Crippen LogP contribution in [0.2, 0.25) is 0 Å². The van der Waals surface area contributed by atoms with Gasteiger partial charge in [0.2, 0.25) is 11.8 Å². The maximum absolute atomic E-state index is 12.9. The standard InChI is InChI=1S/C26H33F3N4O3/c1-5-18(4)32-25(36)22(14-30-13-20-10-9-16(2)11-17(20)3)33-23(34)15-31-24(35)19-7-6-8-21(12-19)26(27,28)29/h6-12,18,22,30H,5,13-15H2,1-4H3,(H,31,35)(H,32,36)(H,33,34). The van der Waals surface area contributed by atoms with Crippen molar-refractivity contribution in [3.63, 3.8) is 0 Å². The van der Waals surface area contributed by atoms with Crippen LogP contribution >= 0.6 is 0 Å². The number of amides is 3. The lowest BCUT2D eigenvalue weighted by Gasteiger charge is -2.22. The first-order chi connectivity index (χ1) is 16.9. The molecule has 2 aromatic carbocycles. The molecule has 0 heterocycles. The number of hydrogen-bond donors (Lipinski definition) is 4. The van der Waals surface area contributed by atoms with Crippen LogP contribution in [-0.2, 0) is 22.3 Å². The van der Waals surface area contributed by atoms with Crippen molar-refractivity contribution >= 4 is 17.7 Å². The molecule has 196 valence electrons. The molecule has 2 aromatic rings. The van der Waals surface area contributed by atoms with Crippen LogP contribution in [0.5, 0.6) is 0 Å². The van der Waals surface area contributed by atoms with E-state index >= 15 is 0 Å². The van der Waals surface area contributed by atoms with E-state index in [0.29, 0.717) is 19.0 Å². The number of hydrogen-bond acceptors (Lipinski definition) is 4. The molecule has 0 saturated carbocycles. The van der Waals surface area contributed by atoms with Crippen LogP contribution < -0.4 is 21.3 Å². The fourth-order valence-electron chi connectivity index (χ4n) is 3.39. The highest BCUT2D eigenvalue weighted by molar-refractivity contribution is 5.97. The number of carbonyl (C=O) groups excluding carboxylic acids is 3. The zero-order valence-corrected chi connectivity index (χ0v) is 20.9. The first-order valence-corrected chi connectivity index (χ1v) is 11.7. The number of carbonyl (C=O) groups is 3. The minimum absolute atomic E-state index is 0.100. The van der Waals surface area contributed by atoms with Crippen LogP contribution in [0.3, 0.4) is 0 Å². The molecule has 0 radical (unpaired) electrons. The molecular weight excluding hydrogens is 473 g/mol. The van der Waals surface area contributed by atoms with Crippen molar-refractivity contribution in [3.8, 4) is 0 Å². The van der Waals surface area contributed by atoms with Gasteiger partial charge >= 0.3 is 6.18 Å². The van der Waals surface area contributed by atoms with E-state index in [9.17, 15) is 27.6 Å². The highest BCUT2D eigenvalue weighted by atomic mass is 19.4. The second-order valence-corrected chi connectivity index (χ2v) is 8.76. The zero-order chi connectivity index (χ0) is 26.9. The lowest BCUT2D eigenvalue weighted by Crippen LogP contribution is -2.54. The molecule has 36 heavy (non-hydrogen) atoms. The summed E-state index contributed by atoms with van der Waals surface area (Å²) in [5.41, 5.74) is 2.11. The van der Waals surface area contributed by atoms with E-state index in [1.807, 2.05) is 39.8 Å². The van der Waals surface area contributed by atoms with Gasteiger partial charge in [-0.05, 0) is 56.5 Å². The van der Waals surface area contributed by atoms with Gasteiger partial charge in [-0.15, -0.1) is 0 Å². The first-order valence-electron chi connectivity index (χ1n) is 11.7. The number of aryl methyl sites for hydroxylation is 2. The van der Waals surface area contributed by atoms with E-state index in [2.05, 4.69) is 27.3 Å². The van der Waals surface area contributed by atoms with Gasteiger partial charge in [0.25, 0.3) is 5.91 Å². The summed E-state index contributed by atoms with van der Waals surface area (Å²) in [7, 11) is 0. The highest BCUT2D eigenvalue weighted by Crippen LogP contribution is 2.29. The Bertz CT molecular complexity index is 1070. The van der Waals surface area contributed by atoms with E-state index in [1.54, 1.807) is 0 Å². The van der Waals surface area contributed by atoms with Crippen molar-refractivity contribution in [1.29, 1.82) is 0 Å². The Hall–Kier alpha value is -3.40. The number of nitrogens with one attached hydrogen (secondary N) is 4. The lowest BCUT2D eigenvalue weighted by atomic mass is 10.1. The number of halogens is 3. The van der Waals surface area contributed by atoms with Crippen LogP contribution in [0.1, 0.15) is 52.9 Å². The molecule has 2 rings (SSSR count). The molecule has 2 unspecified atom stereocenters. The van der Waals surface area contributed by atoms with Gasteiger partial charge in [0.1, 0.15) is 6.04 Å². The molecular formula is C26H33F3N4O3. The molecule has 2 atom stereocenters. The Labute approximate surface area is 209 Å². The number of benzene rings is 2. The van der Waals surface area contributed by atoms with Crippen LogP contribution in [0.25, 0.3) is 0 Å². The summed E-state index contributed by atoms with van der Waals surface area (Å²) < 4.78 is 38.7. The molecule has 4 N–H and O–H groups in total. The quantitative estimate of drug-likeness (QED) is 0.376. The molecule has 0 aliphatic carbocycles. The SMILES string of the molecule is CCC(C)NC(=O)C(CNCc1ccc(C)cc1C)NC(=O)CNC(=O)c1cccc(C(F)(F)F)c1. The fourth-order valence-corrected chi connectivity index (χ4v) is 3.39. The van der Waals surface area contributed by atoms with Crippen molar-refractivity contribution < 1.29 is 27.6 Å². The van der Waals surface area contributed by atoms with Crippen LogP contribution in [-0.4, -0.2) is 42.9 Å². The Morgan fingerprint density at radius 3 is 2.36 bits per heavy atom. The second-order valence-electron chi connectivity index (χ2n) is 8.76. The van der Waals surface area contributed by atoms with Gasteiger partial charge in [-0.25, -0.2) is 0 Å². The van der Waals surface area contributed by atoms with Crippen LogP contribution in [0, 0.1) is 13.8 Å². The minimum Gasteiger partial charge on any atom is -0.352 e. The average Bonchev–Trinajstić information content (AvgIpc) is 2.82. The normalized spacial score (nSPS) is 13.0. The second kappa shape index (κ2) is 13.1. The molecule has 0 aliphatic heterocycles.